The Hall–Kier alpha value is -2.32. The molecule has 0 aliphatic heterocycles. The third-order valence-corrected chi connectivity index (χ3v) is 3.89. The topological polar surface area (TPSA) is 63.0 Å². The van der Waals surface area contributed by atoms with E-state index in [1.807, 2.05) is 43.3 Å². The number of ether oxygens (including phenoxy) is 1. The van der Waals surface area contributed by atoms with Gasteiger partial charge in [0, 0.05) is 11.3 Å². The maximum atomic E-state index is 11.5. The fourth-order valence-electron chi connectivity index (χ4n) is 2.03. The summed E-state index contributed by atoms with van der Waals surface area (Å²) in [5.41, 5.74) is 3.10. The minimum Gasteiger partial charge on any atom is -0.465 e. The second-order valence-corrected chi connectivity index (χ2v) is 5.53. The van der Waals surface area contributed by atoms with Crippen LogP contribution in [0.4, 0.5) is 0 Å². The average Bonchev–Trinajstić information content (AvgIpc) is 2.53. The van der Waals surface area contributed by atoms with Gasteiger partial charge in [-0.25, -0.2) is 4.98 Å². The molecule has 2 aromatic rings. The number of thioether (sulfide) groups is 1. The molecule has 1 aromatic heterocycles. The maximum Gasteiger partial charge on any atom is 0.316 e. The molecule has 0 saturated carbocycles. The quantitative estimate of drug-likeness (QED) is 0.623. The predicted octanol–water partition coefficient (Wildman–Crippen LogP) is 3.58. The monoisotopic (exact) mass is 312 g/mol. The van der Waals surface area contributed by atoms with Crippen molar-refractivity contribution in [2.45, 2.75) is 18.9 Å². The lowest BCUT2D eigenvalue weighted by molar-refractivity contribution is -0.139. The number of pyridine rings is 1. The van der Waals surface area contributed by atoms with E-state index in [1.54, 1.807) is 6.92 Å². The van der Waals surface area contributed by atoms with Crippen molar-refractivity contribution in [1.29, 1.82) is 5.26 Å². The first kappa shape index (κ1) is 16.1. The number of nitrogens with zero attached hydrogens (tertiary/aromatic N) is 2. The molecule has 0 unspecified atom stereocenters. The molecule has 0 bridgehead atoms. The van der Waals surface area contributed by atoms with Crippen molar-refractivity contribution in [3.63, 3.8) is 0 Å². The molecule has 0 aliphatic carbocycles. The molecular formula is C17H16N2O2S. The van der Waals surface area contributed by atoms with E-state index in [0.29, 0.717) is 17.2 Å². The highest BCUT2D eigenvalue weighted by molar-refractivity contribution is 7.99. The smallest absolute Gasteiger partial charge is 0.316 e. The third-order valence-electron chi connectivity index (χ3n) is 2.94. The van der Waals surface area contributed by atoms with Gasteiger partial charge in [-0.2, -0.15) is 5.26 Å². The van der Waals surface area contributed by atoms with Crippen LogP contribution < -0.4 is 0 Å². The Bertz CT molecular complexity index is 709. The van der Waals surface area contributed by atoms with Crippen LogP contribution in [0.25, 0.3) is 11.1 Å². The second kappa shape index (κ2) is 7.62. The minimum absolute atomic E-state index is 0.146. The third kappa shape index (κ3) is 3.86. The number of hydrogen-bond acceptors (Lipinski definition) is 5. The molecule has 1 heterocycles. The van der Waals surface area contributed by atoms with Crippen molar-refractivity contribution >= 4 is 17.7 Å². The van der Waals surface area contributed by atoms with Crippen LogP contribution in [0, 0.1) is 18.3 Å². The first-order valence-corrected chi connectivity index (χ1v) is 7.89. The van der Waals surface area contributed by atoms with Gasteiger partial charge < -0.3 is 4.74 Å². The largest absolute Gasteiger partial charge is 0.465 e. The second-order valence-electron chi connectivity index (χ2n) is 4.56. The molecular weight excluding hydrogens is 296 g/mol. The van der Waals surface area contributed by atoms with Gasteiger partial charge >= 0.3 is 5.97 Å². The summed E-state index contributed by atoms with van der Waals surface area (Å²) in [7, 11) is 0. The summed E-state index contributed by atoms with van der Waals surface area (Å²) in [5, 5.41) is 10.1. The Morgan fingerprint density at radius 3 is 2.73 bits per heavy atom. The van der Waals surface area contributed by atoms with Crippen LogP contribution in [0.5, 0.6) is 0 Å². The standard InChI is InChI=1S/C17H16N2O2S/c1-3-21-16(20)11-22-17-15(10-18)14(9-12(2)19-17)13-7-5-4-6-8-13/h4-9H,3,11H2,1-2H3. The highest BCUT2D eigenvalue weighted by Gasteiger charge is 2.15. The summed E-state index contributed by atoms with van der Waals surface area (Å²) in [6.45, 7) is 3.99. The van der Waals surface area contributed by atoms with Crippen LogP contribution in [0.15, 0.2) is 41.4 Å². The summed E-state index contributed by atoms with van der Waals surface area (Å²) >= 11 is 1.23. The summed E-state index contributed by atoms with van der Waals surface area (Å²) in [6, 6.07) is 13.8. The summed E-state index contributed by atoms with van der Waals surface area (Å²) < 4.78 is 4.91. The SMILES string of the molecule is CCOC(=O)CSc1nc(C)cc(-c2ccccc2)c1C#N. The maximum absolute atomic E-state index is 11.5. The molecule has 0 saturated heterocycles. The lowest BCUT2D eigenvalue weighted by Crippen LogP contribution is -2.07. The van der Waals surface area contributed by atoms with Crippen LogP contribution >= 0.6 is 11.8 Å². The fourth-order valence-corrected chi connectivity index (χ4v) is 2.88. The molecule has 0 fully saturated rings. The Labute approximate surface area is 134 Å². The van der Waals surface area contributed by atoms with E-state index in [0.717, 1.165) is 16.8 Å². The van der Waals surface area contributed by atoms with Crippen molar-refractivity contribution in [1.82, 2.24) is 4.98 Å². The highest BCUT2D eigenvalue weighted by Crippen LogP contribution is 2.30. The van der Waals surface area contributed by atoms with E-state index in [1.165, 1.54) is 11.8 Å². The zero-order chi connectivity index (χ0) is 15.9. The van der Waals surface area contributed by atoms with Crippen molar-refractivity contribution in [2.75, 3.05) is 12.4 Å². The van der Waals surface area contributed by atoms with Gasteiger partial charge in [0.1, 0.15) is 11.1 Å². The molecule has 2 rings (SSSR count). The number of benzene rings is 1. The molecule has 0 amide bonds. The number of carbonyl (C=O) groups excluding carboxylic acids is 1. The van der Waals surface area contributed by atoms with Crippen LogP contribution in [0.2, 0.25) is 0 Å². The van der Waals surface area contributed by atoms with Gasteiger partial charge in [0.15, 0.2) is 0 Å². The molecule has 0 spiro atoms. The fraction of sp³-hybridized carbons (Fsp3) is 0.235. The van der Waals surface area contributed by atoms with Gasteiger partial charge in [0.2, 0.25) is 0 Å². The summed E-state index contributed by atoms with van der Waals surface area (Å²) in [5.74, 6) is -0.159. The number of aromatic nitrogens is 1. The van der Waals surface area contributed by atoms with E-state index in [9.17, 15) is 10.1 Å². The van der Waals surface area contributed by atoms with E-state index < -0.39 is 0 Å². The van der Waals surface area contributed by atoms with Crippen LogP contribution in [0.3, 0.4) is 0 Å². The lowest BCUT2D eigenvalue weighted by Gasteiger charge is -2.10. The van der Waals surface area contributed by atoms with E-state index in [2.05, 4.69) is 11.1 Å². The molecule has 1 aromatic carbocycles. The van der Waals surface area contributed by atoms with Gasteiger partial charge in [0.25, 0.3) is 0 Å². The van der Waals surface area contributed by atoms with E-state index in [-0.39, 0.29) is 11.7 Å². The average molecular weight is 312 g/mol. The zero-order valence-corrected chi connectivity index (χ0v) is 13.3. The number of carbonyl (C=O) groups is 1. The predicted molar refractivity (Wildman–Crippen MR) is 86.5 cm³/mol. The van der Waals surface area contributed by atoms with Crippen LogP contribution in [0.1, 0.15) is 18.2 Å². The number of aryl methyl sites for hydroxylation is 1. The van der Waals surface area contributed by atoms with Crippen LogP contribution in [-0.4, -0.2) is 23.3 Å². The van der Waals surface area contributed by atoms with Crippen molar-refractivity contribution < 1.29 is 9.53 Å². The first-order valence-electron chi connectivity index (χ1n) is 6.91. The van der Waals surface area contributed by atoms with Gasteiger partial charge in [-0.3, -0.25) is 4.79 Å². The van der Waals surface area contributed by atoms with Crippen molar-refractivity contribution in [2.24, 2.45) is 0 Å². The van der Waals surface area contributed by atoms with Crippen molar-refractivity contribution in [3.05, 3.63) is 47.7 Å². The molecule has 5 heteroatoms. The Kier molecular flexibility index (Phi) is 5.56. The molecule has 0 radical (unpaired) electrons. The molecule has 112 valence electrons. The number of rotatable bonds is 5. The molecule has 0 aliphatic rings. The van der Waals surface area contributed by atoms with Crippen molar-refractivity contribution in [3.8, 4) is 17.2 Å². The van der Waals surface area contributed by atoms with Gasteiger partial charge in [0.05, 0.1) is 17.9 Å². The van der Waals surface area contributed by atoms with Gasteiger partial charge in [-0.05, 0) is 25.5 Å². The lowest BCUT2D eigenvalue weighted by atomic mass is 10.0. The van der Waals surface area contributed by atoms with Gasteiger partial charge in [-0.15, -0.1) is 0 Å². The Morgan fingerprint density at radius 1 is 1.36 bits per heavy atom. The minimum atomic E-state index is -0.305. The number of hydrogen-bond donors (Lipinski definition) is 0. The van der Waals surface area contributed by atoms with Gasteiger partial charge in [-0.1, -0.05) is 42.1 Å². The molecule has 0 N–H and O–H groups in total. The molecule has 4 nitrogen and oxygen atoms in total. The zero-order valence-electron chi connectivity index (χ0n) is 12.5. The number of esters is 1. The Morgan fingerprint density at radius 2 is 2.09 bits per heavy atom. The summed E-state index contributed by atoms with van der Waals surface area (Å²) in [4.78, 5) is 15.9. The van der Waals surface area contributed by atoms with E-state index >= 15 is 0 Å². The normalized spacial score (nSPS) is 10.0. The molecule has 0 atom stereocenters. The number of nitriles is 1. The van der Waals surface area contributed by atoms with E-state index in [4.69, 9.17) is 4.74 Å². The molecule has 22 heavy (non-hydrogen) atoms. The summed E-state index contributed by atoms with van der Waals surface area (Å²) in [6.07, 6.45) is 0. The Balaban J connectivity index is 2.37. The highest BCUT2D eigenvalue weighted by atomic mass is 32.2. The van der Waals surface area contributed by atoms with Crippen LogP contribution in [-0.2, 0) is 9.53 Å². The first-order chi connectivity index (χ1) is 10.7.